The van der Waals surface area contributed by atoms with Crippen molar-refractivity contribution >= 4 is 28.4 Å². The fourth-order valence-corrected chi connectivity index (χ4v) is 2.35. The highest BCUT2D eigenvalue weighted by atomic mass is 16.1. The van der Waals surface area contributed by atoms with Crippen LogP contribution in [0, 0.1) is 13.8 Å². The number of aromatic nitrogens is 3. The van der Waals surface area contributed by atoms with Crippen molar-refractivity contribution in [1.29, 1.82) is 0 Å². The van der Waals surface area contributed by atoms with E-state index < -0.39 is 0 Å². The average Bonchev–Trinajstić information content (AvgIpc) is 2.57. The lowest BCUT2D eigenvalue weighted by atomic mass is 10.1. The monoisotopic (exact) mass is 321 g/mol. The average molecular weight is 321 g/mol. The molecule has 3 rings (SSSR count). The molecule has 0 unspecified atom stereocenters. The van der Waals surface area contributed by atoms with Gasteiger partial charge in [-0.05, 0) is 37.6 Å². The van der Waals surface area contributed by atoms with E-state index in [9.17, 15) is 4.79 Å². The molecule has 0 bridgehead atoms. The minimum Gasteiger partial charge on any atom is -0.369 e. The molecule has 6 nitrogen and oxygen atoms in total. The molecule has 0 radical (unpaired) electrons. The number of carbonyl (C=O) groups excluding carboxylic acids is 1. The molecule has 6 heteroatoms. The Kier molecular flexibility index (Phi) is 4.65. The Morgan fingerprint density at radius 3 is 2.67 bits per heavy atom. The molecule has 0 aliphatic heterocycles. The van der Waals surface area contributed by atoms with Crippen LogP contribution in [0.25, 0.3) is 10.9 Å². The number of anilines is 2. The van der Waals surface area contributed by atoms with Crippen LogP contribution in [0.4, 0.5) is 11.6 Å². The van der Waals surface area contributed by atoms with E-state index in [1.165, 1.54) is 6.33 Å². The van der Waals surface area contributed by atoms with Gasteiger partial charge in [-0.25, -0.2) is 15.0 Å². The molecule has 122 valence electrons. The summed E-state index contributed by atoms with van der Waals surface area (Å²) in [5.41, 5.74) is 3.08. The zero-order valence-corrected chi connectivity index (χ0v) is 13.7. The summed E-state index contributed by atoms with van der Waals surface area (Å²) in [6.07, 6.45) is 3.58. The fourth-order valence-electron chi connectivity index (χ4n) is 2.35. The van der Waals surface area contributed by atoms with Crippen LogP contribution >= 0.6 is 0 Å². The maximum absolute atomic E-state index is 12.0. The van der Waals surface area contributed by atoms with Crippen molar-refractivity contribution < 1.29 is 4.79 Å². The number of amides is 1. The smallest absolute Gasteiger partial charge is 0.227 e. The third-order valence-corrected chi connectivity index (χ3v) is 3.61. The third-order valence-electron chi connectivity index (χ3n) is 3.61. The Labute approximate surface area is 140 Å². The van der Waals surface area contributed by atoms with Gasteiger partial charge in [0.2, 0.25) is 5.91 Å². The fraction of sp³-hybridized carbons (Fsp3) is 0.222. The molecule has 1 aromatic carbocycles. The first-order chi connectivity index (χ1) is 11.6. The van der Waals surface area contributed by atoms with Gasteiger partial charge in [-0.1, -0.05) is 17.7 Å². The Morgan fingerprint density at radius 1 is 1.04 bits per heavy atom. The molecular formula is C18H19N5O. The number of carbonyl (C=O) groups is 1. The minimum atomic E-state index is -0.0894. The molecule has 1 amide bonds. The van der Waals surface area contributed by atoms with Crippen LogP contribution in [0.15, 0.2) is 42.9 Å². The van der Waals surface area contributed by atoms with E-state index in [4.69, 9.17) is 0 Å². The van der Waals surface area contributed by atoms with Crippen LogP contribution in [-0.2, 0) is 4.79 Å². The molecule has 0 saturated heterocycles. The quantitative estimate of drug-likeness (QED) is 0.755. The summed E-state index contributed by atoms with van der Waals surface area (Å²) in [6, 6.07) is 9.72. The second-order valence-corrected chi connectivity index (χ2v) is 5.69. The van der Waals surface area contributed by atoms with E-state index in [0.29, 0.717) is 18.8 Å². The second kappa shape index (κ2) is 7.04. The van der Waals surface area contributed by atoms with Crippen molar-refractivity contribution in [3.8, 4) is 0 Å². The number of rotatable bonds is 5. The molecule has 0 aliphatic carbocycles. The Hall–Kier alpha value is -3.02. The molecule has 24 heavy (non-hydrogen) atoms. The predicted octanol–water partition coefficient (Wildman–Crippen LogP) is 3.08. The van der Waals surface area contributed by atoms with Crippen molar-refractivity contribution in [2.45, 2.75) is 20.3 Å². The van der Waals surface area contributed by atoms with Gasteiger partial charge >= 0.3 is 0 Å². The molecule has 2 N–H and O–H groups in total. The maximum atomic E-state index is 12.0. The summed E-state index contributed by atoms with van der Waals surface area (Å²) in [5, 5.41) is 6.94. The van der Waals surface area contributed by atoms with E-state index in [2.05, 4.69) is 25.6 Å². The highest BCUT2D eigenvalue weighted by molar-refractivity contribution is 5.91. The van der Waals surface area contributed by atoms with Gasteiger partial charge < -0.3 is 10.6 Å². The van der Waals surface area contributed by atoms with E-state index in [1.54, 1.807) is 12.3 Å². The van der Waals surface area contributed by atoms with Gasteiger partial charge in [0.1, 0.15) is 18.0 Å². The highest BCUT2D eigenvalue weighted by Gasteiger charge is 2.06. The van der Waals surface area contributed by atoms with Gasteiger partial charge in [0.25, 0.3) is 0 Å². The van der Waals surface area contributed by atoms with Crippen molar-refractivity contribution in [2.75, 3.05) is 17.2 Å². The van der Waals surface area contributed by atoms with E-state index >= 15 is 0 Å². The Morgan fingerprint density at radius 2 is 1.88 bits per heavy atom. The van der Waals surface area contributed by atoms with Crippen LogP contribution in [0.3, 0.4) is 0 Å². The number of hydrogen-bond donors (Lipinski definition) is 2. The lowest BCUT2D eigenvalue weighted by Crippen LogP contribution is -2.17. The number of pyridine rings is 1. The third kappa shape index (κ3) is 3.84. The molecule has 0 saturated carbocycles. The first kappa shape index (κ1) is 15.9. The van der Waals surface area contributed by atoms with Gasteiger partial charge in [0, 0.05) is 24.5 Å². The summed E-state index contributed by atoms with van der Waals surface area (Å²) >= 11 is 0. The second-order valence-electron chi connectivity index (χ2n) is 5.69. The van der Waals surface area contributed by atoms with Crippen LogP contribution in [0.5, 0.6) is 0 Å². The minimum absolute atomic E-state index is 0.0894. The van der Waals surface area contributed by atoms with Crippen LogP contribution in [0.1, 0.15) is 17.5 Å². The van der Waals surface area contributed by atoms with Crippen molar-refractivity contribution in [2.24, 2.45) is 0 Å². The van der Waals surface area contributed by atoms with Gasteiger partial charge in [-0.2, -0.15) is 0 Å². The normalized spacial score (nSPS) is 10.6. The van der Waals surface area contributed by atoms with Gasteiger partial charge in [-0.15, -0.1) is 0 Å². The molecule has 0 fully saturated rings. The topological polar surface area (TPSA) is 79.8 Å². The number of fused-ring (bicyclic) bond motifs is 1. The molecule has 0 spiro atoms. The van der Waals surface area contributed by atoms with Gasteiger partial charge in [-0.3, -0.25) is 4.79 Å². The number of aryl methyl sites for hydroxylation is 2. The summed E-state index contributed by atoms with van der Waals surface area (Å²) in [4.78, 5) is 24.7. The lowest BCUT2D eigenvalue weighted by molar-refractivity contribution is -0.116. The summed E-state index contributed by atoms with van der Waals surface area (Å²) in [6.45, 7) is 4.46. The first-order valence-electron chi connectivity index (χ1n) is 7.79. The zero-order valence-electron chi connectivity index (χ0n) is 13.7. The first-order valence-corrected chi connectivity index (χ1v) is 7.79. The predicted molar refractivity (Wildman–Crippen MR) is 95.0 cm³/mol. The Balaban J connectivity index is 1.59. The highest BCUT2D eigenvalue weighted by Crippen LogP contribution is 2.20. The summed E-state index contributed by atoms with van der Waals surface area (Å²) in [7, 11) is 0. The maximum Gasteiger partial charge on any atom is 0.227 e. The van der Waals surface area contributed by atoms with Crippen molar-refractivity contribution in [3.63, 3.8) is 0 Å². The number of benzene rings is 1. The molecule has 0 atom stereocenters. The van der Waals surface area contributed by atoms with Gasteiger partial charge in [0.05, 0.1) is 5.52 Å². The Bertz CT molecular complexity index is 861. The van der Waals surface area contributed by atoms with Crippen LogP contribution in [0.2, 0.25) is 0 Å². The number of nitrogens with zero attached hydrogens (tertiary/aromatic N) is 3. The molecule has 2 heterocycles. The molecule has 3 aromatic rings. The van der Waals surface area contributed by atoms with E-state index in [-0.39, 0.29) is 5.91 Å². The van der Waals surface area contributed by atoms with Crippen LogP contribution in [-0.4, -0.2) is 27.4 Å². The van der Waals surface area contributed by atoms with E-state index in [1.807, 2.05) is 38.1 Å². The zero-order chi connectivity index (χ0) is 16.9. The molecule has 2 aromatic heterocycles. The van der Waals surface area contributed by atoms with Gasteiger partial charge in [0.15, 0.2) is 0 Å². The lowest BCUT2D eigenvalue weighted by Gasteiger charge is -2.09. The molecule has 0 aliphatic rings. The largest absolute Gasteiger partial charge is 0.369 e. The van der Waals surface area contributed by atoms with Crippen LogP contribution < -0.4 is 10.6 Å². The number of nitrogens with one attached hydrogen (secondary N) is 2. The summed E-state index contributed by atoms with van der Waals surface area (Å²) < 4.78 is 0. The SMILES string of the molecule is Cc1ccc(NC(=O)CCNc2ncnc3ccc(C)cc23)nc1. The van der Waals surface area contributed by atoms with E-state index in [0.717, 1.165) is 27.8 Å². The van der Waals surface area contributed by atoms with Crippen molar-refractivity contribution in [1.82, 2.24) is 15.0 Å². The molecular weight excluding hydrogens is 302 g/mol. The standard InChI is InChI=1S/C18H19N5O/c1-12-3-5-15-14(9-12)18(22-11-21-15)19-8-7-17(24)23-16-6-4-13(2)10-20-16/h3-6,9-11H,7-8H2,1-2H3,(H,19,21,22)(H,20,23,24). The summed E-state index contributed by atoms with van der Waals surface area (Å²) in [5.74, 6) is 1.21. The number of hydrogen-bond acceptors (Lipinski definition) is 5. The van der Waals surface area contributed by atoms with Crippen molar-refractivity contribution in [3.05, 3.63) is 54.0 Å².